The van der Waals surface area contributed by atoms with Crippen molar-refractivity contribution < 1.29 is 9.53 Å². The summed E-state index contributed by atoms with van der Waals surface area (Å²) < 4.78 is 5.80. The van der Waals surface area contributed by atoms with Gasteiger partial charge < -0.3 is 9.64 Å². The fourth-order valence-corrected chi connectivity index (χ4v) is 5.01. The second kappa shape index (κ2) is 8.86. The van der Waals surface area contributed by atoms with Gasteiger partial charge in [-0.1, -0.05) is 6.07 Å². The molecule has 154 valence electrons. The second-order valence-corrected chi connectivity index (χ2v) is 8.63. The van der Waals surface area contributed by atoms with Crippen LogP contribution < -0.4 is 10.9 Å². The molecule has 7 heteroatoms. The van der Waals surface area contributed by atoms with Crippen molar-refractivity contribution in [2.45, 2.75) is 51.5 Å². The number of nitrogens with one attached hydrogen (secondary N) is 2. The zero-order chi connectivity index (χ0) is 19.5. The lowest BCUT2D eigenvalue weighted by molar-refractivity contribution is -0.147. The van der Waals surface area contributed by atoms with Gasteiger partial charge >= 0.3 is 0 Å². The van der Waals surface area contributed by atoms with Crippen LogP contribution in [0.5, 0.6) is 0 Å². The molecule has 1 aromatic heterocycles. The third-order valence-electron chi connectivity index (χ3n) is 6.34. The van der Waals surface area contributed by atoms with Crippen molar-refractivity contribution in [3.05, 3.63) is 30.1 Å². The van der Waals surface area contributed by atoms with E-state index < -0.39 is 0 Å². The highest BCUT2D eigenvalue weighted by Gasteiger charge is 2.42. The summed E-state index contributed by atoms with van der Waals surface area (Å²) >= 11 is 0. The molecule has 3 fully saturated rings. The molecule has 3 aliphatic heterocycles. The van der Waals surface area contributed by atoms with Crippen molar-refractivity contribution in [1.82, 2.24) is 25.6 Å². The Bertz CT molecular complexity index is 639. The number of likely N-dealkylation sites (tertiary alicyclic amines) is 1. The normalized spacial score (nSPS) is 32.6. The van der Waals surface area contributed by atoms with Crippen LogP contribution in [0.1, 0.15) is 32.3 Å². The van der Waals surface area contributed by atoms with Crippen molar-refractivity contribution in [2.24, 2.45) is 11.8 Å². The van der Waals surface area contributed by atoms with E-state index in [2.05, 4.69) is 40.6 Å². The molecule has 4 unspecified atom stereocenters. The maximum atomic E-state index is 13.2. The van der Waals surface area contributed by atoms with Crippen LogP contribution >= 0.6 is 0 Å². The zero-order valence-corrected chi connectivity index (χ0v) is 17.0. The number of carbonyl (C=O) groups is 1. The SMILES string of the molecule is CC1CN(C(=O)C2CNNC2C2CCN(Cc3cccnc3)CC2)CC(C)O1. The van der Waals surface area contributed by atoms with Gasteiger partial charge in [-0.3, -0.25) is 25.5 Å². The predicted octanol–water partition coefficient (Wildman–Crippen LogP) is 1.02. The summed E-state index contributed by atoms with van der Waals surface area (Å²) in [5.74, 6) is 0.833. The molecular formula is C21H33N5O2. The molecule has 28 heavy (non-hydrogen) atoms. The Labute approximate surface area is 167 Å². The van der Waals surface area contributed by atoms with Gasteiger partial charge in [0.25, 0.3) is 0 Å². The summed E-state index contributed by atoms with van der Waals surface area (Å²) in [6.07, 6.45) is 6.25. The molecule has 4 atom stereocenters. The van der Waals surface area contributed by atoms with Crippen molar-refractivity contribution in [2.75, 3.05) is 32.7 Å². The third-order valence-corrected chi connectivity index (χ3v) is 6.34. The number of piperidine rings is 1. The molecule has 2 N–H and O–H groups in total. The molecule has 4 rings (SSSR count). The van der Waals surface area contributed by atoms with Gasteiger partial charge in [-0.25, -0.2) is 0 Å². The number of hydrogen-bond acceptors (Lipinski definition) is 6. The predicted molar refractivity (Wildman–Crippen MR) is 107 cm³/mol. The molecule has 0 aliphatic carbocycles. The average molecular weight is 388 g/mol. The molecule has 3 aliphatic rings. The first kappa shape index (κ1) is 19.8. The van der Waals surface area contributed by atoms with E-state index in [1.54, 1.807) is 0 Å². The molecule has 7 nitrogen and oxygen atoms in total. The maximum absolute atomic E-state index is 13.2. The fourth-order valence-electron chi connectivity index (χ4n) is 5.01. The van der Waals surface area contributed by atoms with Crippen molar-refractivity contribution in [3.8, 4) is 0 Å². The minimum absolute atomic E-state index is 0.0207. The van der Waals surface area contributed by atoms with Crippen molar-refractivity contribution in [1.29, 1.82) is 0 Å². The monoisotopic (exact) mass is 387 g/mol. The van der Waals surface area contributed by atoms with E-state index >= 15 is 0 Å². The summed E-state index contributed by atoms with van der Waals surface area (Å²) in [6, 6.07) is 4.36. The Balaban J connectivity index is 1.32. The number of nitrogens with zero attached hydrogens (tertiary/aromatic N) is 3. The molecule has 3 saturated heterocycles. The quantitative estimate of drug-likeness (QED) is 0.804. The first-order valence-electron chi connectivity index (χ1n) is 10.6. The van der Waals surface area contributed by atoms with E-state index in [4.69, 9.17) is 4.74 Å². The lowest BCUT2D eigenvalue weighted by Gasteiger charge is -2.39. The zero-order valence-electron chi connectivity index (χ0n) is 17.0. The van der Waals surface area contributed by atoms with Gasteiger partial charge in [0, 0.05) is 44.6 Å². The number of carbonyl (C=O) groups excluding carboxylic acids is 1. The topological polar surface area (TPSA) is 69.7 Å². The van der Waals surface area contributed by atoms with E-state index in [0.29, 0.717) is 19.0 Å². The lowest BCUT2D eigenvalue weighted by Crippen LogP contribution is -2.53. The highest BCUT2D eigenvalue weighted by atomic mass is 16.5. The Morgan fingerprint density at radius 2 is 2.00 bits per heavy atom. The van der Waals surface area contributed by atoms with Crippen LogP contribution in [-0.4, -0.2) is 71.7 Å². The molecule has 4 heterocycles. The molecular weight excluding hydrogens is 354 g/mol. The molecule has 0 radical (unpaired) electrons. The molecule has 1 aromatic rings. The molecule has 0 spiro atoms. The number of pyridine rings is 1. The minimum Gasteiger partial charge on any atom is -0.372 e. The number of hydrazine groups is 1. The van der Waals surface area contributed by atoms with Crippen molar-refractivity contribution >= 4 is 5.91 Å². The molecule has 0 bridgehead atoms. The average Bonchev–Trinajstić information content (AvgIpc) is 3.18. The Hall–Kier alpha value is -1.54. The Morgan fingerprint density at radius 3 is 2.68 bits per heavy atom. The van der Waals surface area contributed by atoms with Crippen LogP contribution in [0, 0.1) is 11.8 Å². The van der Waals surface area contributed by atoms with E-state index in [0.717, 1.165) is 39.0 Å². The number of ether oxygens (including phenoxy) is 1. The summed E-state index contributed by atoms with van der Waals surface area (Å²) in [5.41, 5.74) is 7.96. The summed E-state index contributed by atoms with van der Waals surface area (Å²) in [4.78, 5) is 22.0. The Kier molecular flexibility index (Phi) is 6.25. The van der Waals surface area contributed by atoms with E-state index in [1.165, 1.54) is 5.56 Å². The second-order valence-electron chi connectivity index (χ2n) is 8.63. The highest BCUT2D eigenvalue weighted by Crippen LogP contribution is 2.29. The van der Waals surface area contributed by atoms with Crippen LogP contribution in [-0.2, 0) is 16.1 Å². The van der Waals surface area contributed by atoms with Crippen LogP contribution in [0.3, 0.4) is 0 Å². The summed E-state index contributed by atoms with van der Waals surface area (Å²) in [6.45, 7) is 9.34. The van der Waals surface area contributed by atoms with Crippen LogP contribution in [0.2, 0.25) is 0 Å². The largest absolute Gasteiger partial charge is 0.372 e. The number of aromatic nitrogens is 1. The number of hydrogen-bond donors (Lipinski definition) is 2. The lowest BCUT2D eigenvalue weighted by atomic mass is 9.82. The molecule has 0 aromatic carbocycles. The number of rotatable bonds is 4. The minimum atomic E-state index is 0.0207. The first-order valence-corrected chi connectivity index (χ1v) is 10.6. The van der Waals surface area contributed by atoms with E-state index in [9.17, 15) is 4.79 Å². The molecule has 1 amide bonds. The molecule has 0 saturated carbocycles. The summed E-state index contributed by atoms with van der Waals surface area (Å²) in [7, 11) is 0. The number of amides is 1. The van der Waals surface area contributed by atoms with Gasteiger partial charge in [-0.2, -0.15) is 0 Å². The fraction of sp³-hybridized carbons (Fsp3) is 0.714. The number of morpholine rings is 1. The van der Waals surface area contributed by atoms with Gasteiger partial charge in [0.05, 0.1) is 18.1 Å². The van der Waals surface area contributed by atoms with Crippen molar-refractivity contribution in [3.63, 3.8) is 0 Å². The Morgan fingerprint density at radius 1 is 1.25 bits per heavy atom. The van der Waals surface area contributed by atoms with E-state index in [1.807, 2.05) is 23.4 Å². The standard InChI is InChI=1S/C21H33N5O2/c1-15-12-26(13-16(2)28-15)21(27)19-11-23-24-20(19)18-5-8-25(9-6-18)14-17-4-3-7-22-10-17/h3-4,7,10,15-16,18-20,23-24H,5-6,8-9,11-14H2,1-2H3. The van der Waals surface area contributed by atoms with Crippen LogP contribution in [0.4, 0.5) is 0 Å². The third kappa shape index (κ3) is 4.54. The van der Waals surface area contributed by atoms with Crippen LogP contribution in [0.25, 0.3) is 0 Å². The highest BCUT2D eigenvalue weighted by molar-refractivity contribution is 5.80. The van der Waals surface area contributed by atoms with Gasteiger partial charge in [0.2, 0.25) is 5.91 Å². The van der Waals surface area contributed by atoms with Gasteiger partial charge in [0.1, 0.15) is 0 Å². The van der Waals surface area contributed by atoms with Gasteiger partial charge in [0.15, 0.2) is 0 Å². The van der Waals surface area contributed by atoms with E-state index in [-0.39, 0.29) is 30.1 Å². The summed E-state index contributed by atoms with van der Waals surface area (Å²) in [5, 5.41) is 0. The smallest absolute Gasteiger partial charge is 0.228 e. The van der Waals surface area contributed by atoms with Crippen LogP contribution in [0.15, 0.2) is 24.5 Å². The van der Waals surface area contributed by atoms with Gasteiger partial charge in [-0.05, 0) is 57.3 Å². The first-order chi connectivity index (χ1) is 13.6. The van der Waals surface area contributed by atoms with Gasteiger partial charge in [-0.15, -0.1) is 0 Å². The maximum Gasteiger partial charge on any atom is 0.228 e.